The average molecular weight is 480 g/mol. The van der Waals surface area contributed by atoms with Crippen LogP contribution in [0, 0.1) is 17.7 Å². The van der Waals surface area contributed by atoms with Crippen LogP contribution in [0.3, 0.4) is 0 Å². The molecule has 3 nitrogen and oxygen atoms in total. The van der Waals surface area contributed by atoms with E-state index in [9.17, 15) is 0 Å². The summed E-state index contributed by atoms with van der Waals surface area (Å²) in [6, 6.07) is 14.7. The lowest BCUT2D eigenvalue weighted by Crippen LogP contribution is -2.29. The third kappa shape index (κ3) is 3.62. The summed E-state index contributed by atoms with van der Waals surface area (Å²) >= 11 is 0. The lowest BCUT2D eigenvalue weighted by molar-refractivity contribution is 0.600. The fourth-order valence-electron chi connectivity index (χ4n) is 5.96. The van der Waals surface area contributed by atoms with E-state index in [1.165, 1.54) is 16.3 Å². The lowest BCUT2D eigenvalue weighted by atomic mass is 9.83. The van der Waals surface area contributed by atoms with Crippen LogP contribution in [0.4, 0.5) is 21.5 Å². The van der Waals surface area contributed by atoms with Crippen molar-refractivity contribution in [1.29, 1.82) is 0 Å². The molecule has 3 aliphatic heterocycles. The van der Waals surface area contributed by atoms with E-state index in [0.29, 0.717) is 18.3 Å². The smallest absolute Gasteiger partial charge is 0.147 e. The van der Waals surface area contributed by atoms with Gasteiger partial charge in [-0.2, -0.15) is 0 Å². The third-order valence-corrected chi connectivity index (χ3v) is 7.84. The van der Waals surface area contributed by atoms with Gasteiger partial charge in [0.05, 0.1) is 11.4 Å². The topological polar surface area (TPSA) is 18.5 Å². The van der Waals surface area contributed by atoms with Crippen LogP contribution in [0.25, 0.3) is 16.3 Å². The summed E-state index contributed by atoms with van der Waals surface area (Å²) in [5.74, 6) is 0.911. The third-order valence-electron chi connectivity index (χ3n) is 7.84. The van der Waals surface area contributed by atoms with Gasteiger partial charge in [-0.05, 0) is 58.4 Å². The highest BCUT2D eigenvalue weighted by Gasteiger charge is 2.36. The van der Waals surface area contributed by atoms with Gasteiger partial charge in [0.2, 0.25) is 0 Å². The van der Waals surface area contributed by atoms with E-state index in [2.05, 4.69) is 91.6 Å². The fourth-order valence-corrected chi connectivity index (χ4v) is 5.96. The van der Waals surface area contributed by atoms with Gasteiger partial charge >= 0.3 is 0 Å². The highest BCUT2D eigenvalue weighted by molar-refractivity contribution is 6.01. The van der Waals surface area contributed by atoms with Crippen LogP contribution in [0.1, 0.15) is 43.9 Å². The quantitative estimate of drug-likeness (QED) is 0.408. The minimum Gasteiger partial charge on any atom is -0.385 e. The van der Waals surface area contributed by atoms with Crippen LogP contribution in [0.2, 0.25) is 0 Å². The maximum absolute atomic E-state index is 16.0. The molecular weight excluding hydrogens is 445 g/mol. The summed E-state index contributed by atoms with van der Waals surface area (Å²) in [6.45, 7) is 18.0. The van der Waals surface area contributed by atoms with Gasteiger partial charge in [-0.15, -0.1) is 0 Å². The number of nitrogens with zero attached hydrogens (tertiary/aromatic N) is 2. The highest BCUT2D eigenvalue weighted by Crippen LogP contribution is 2.52. The Morgan fingerprint density at radius 1 is 1.14 bits per heavy atom. The van der Waals surface area contributed by atoms with E-state index >= 15 is 4.39 Å². The molecule has 1 unspecified atom stereocenters. The van der Waals surface area contributed by atoms with Crippen molar-refractivity contribution in [1.82, 2.24) is 5.32 Å². The number of anilines is 3. The molecule has 0 aliphatic carbocycles. The summed E-state index contributed by atoms with van der Waals surface area (Å²) in [7, 11) is 0. The predicted octanol–water partition coefficient (Wildman–Crippen LogP) is 7.54. The Morgan fingerprint density at radius 3 is 2.58 bits per heavy atom. The zero-order valence-corrected chi connectivity index (χ0v) is 21.5. The molecule has 1 fully saturated rings. The van der Waals surface area contributed by atoms with Gasteiger partial charge in [-0.3, -0.25) is 0 Å². The second-order valence-corrected chi connectivity index (χ2v) is 11.1. The van der Waals surface area contributed by atoms with Gasteiger partial charge in [0.25, 0.3) is 0 Å². The van der Waals surface area contributed by atoms with Gasteiger partial charge in [0, 0.05) is 60.3 Å². The van der Waals surface area contributed by atoms with E-state index in [1.807, 2.05) is 0 Å². The van der Waals surface area contributed by atoms with Crippen molar-refractivity contribution in [2.75, 3.05) is 29.4 Å². The van der Waals surface area contributed by atoms with E-state index < -0.39 is 0 Å². The molecule has 3 aromatic carbocycles. The molecule has 1 saturated heterocycles. The Kier molecular flexibility index (Phi) is 5.44. The number of hydrogen-bond acceptors (Lipinski definition) is 3. The Morgan fingerprint density at radius 2 is 1.89 bits per heavy atom. The molecule has 0 spiro atoms. The first kappa shape index (κ1) is 22.9. The molecule has 0 amide bonds. The Hall–Kier alpha value is -3.53. The minimum atomic E-state index is -0.148. The SMILES string of the molecule is C=C(NCC(C)C)C1=CN2c3cc4ccccc4cc3Cc3c(N4CCC(C)C4)c(F)cc(c32)C1=C. The number of halogens is 1. The molecule has 184 valence electrons. The van der Waals surface area contributed by atoms with E-state index in [-0.39, 0.29) is 5.82 Å². The highest BCUT2D eigenvalue weighted by atomic mass is 19.1. The first-order valence-corrected chi connectivity index (χ1v) is 13.1. The van der Waals surface area contributed by atoms with Crippen LogP contribution in [0.5, 0.6) is 0 Å². The first-order chi connectivity index (χ1) is 17.3. The molecule has 3 aromatic rings. The zero-order chi connectivity index (χ0) is 25.1. The molecular formula is C32H34FN3. The van der Waals surface area contributed by atoms with E-state index in [1.54, 1.807) is 6.07 Å². The number of allylic oxidation sites excluding steroid dienone is 1. The molecule has 0 radical (unpaired) electrons. The van der Waals surface area contributed by atoms with Gasteiger partial charge < -0.3 is 15.1 Å². The summed E-state index contributed by atoms with van der Waals surface area (Å²) < 4.78 is 16.0. The van der Waals surface area contributed by atoms with Crippen LogP contribution < -0.4 is 15.1 Å². The van der Waals surface area contributed by atoms with Crippen molar-refractivity contribution in [3.8, 4) is 0 Å². The van der Waals surface area contributed by atoms with Crippen molar-refractivity contribution in [2.45, 2.75) is 33.6 Å². The Balaban J connectivity index is 1.56. The Labute approximate surface area is 213 Å². The first-order valence-electron chi connectivity index (χ1n) is 13.1. The van der Waals surface area contributed by atoms with Crippen LogP contribution in [-0.4, -0.2) is 19.6 Å². The van der Waals surface area contributed by atoms with E-state index in [4.69, 9.17) is 0 Å². The van der Waals surface area contributed by atoms with Gasteiger partial charge in [0.15, 0.2) is 0 Å². The van der Waals surface area contributed by atoms with Gasteiger partial charge in [0.1, 0.15) is 5.82 Å². The predicted molar refractivity (Wildman–Crippen MR) is 150 cm³/mol. The Bertz CT molecular complexity index is 1450. The van der Waals surface area contributed by atoms with Gasteiger partial charge in [-0.25, -0.2) is 4.39 Å². The summed E-state index contributed by atoms with van der Waals surface area (Å²) in [6.07, 6.45) is 3.96. The molecule has 0 aromatic heterocycles. The molecule has 3 aliphatic rings. The summed E-state index contributed by atoms with van der Waals surface area (Å²) in [5.41, 5.74) is 8.72. The lowest BCUT2D eigenvalue weighted by Gasteiger charge is -2.40. The summed E-state index contributed by atoms with van der Waals surface area (Å²) in [5, 5.41) is 5.88. The number of fused-ring (bicyclic) bond motifs is 3. The molecule has 4 heteroatoms. The van der Waals surface area contributed by atoms with Crippen molar-refractivity contribution >= 4 is 33.4 Å². The van der Waals surface area contributed by atoms with E-state index in [0.717, 1.165) is 71.1 Å². The molecule has 6 rings (SSSR count). The minimum absolute atomic E-state index is 0.148. The maximum atomic E-state index is 16.0. The number of benzene rings is 3. The van der Waals surface area contributed by atoms with Crippen LogP contribution in [-0.2, 0) is 6.42 Å². The summed E-state index contributed by atoms with van der Waals surface area (Å²) in [4.78, 5) is 4.52. The monoisotopic (exact) mass is 479 g/mol. The number of hydrogen-bond donors (Lipinski definition) is 1. The molecule has 0 saturated carbocycles. The normalized spacial score (nSPS) is 18.4. The zero-order valence-electron chi connectivity index (χ0n) is 21.5. The molecule has 0 bridgehead atoms. The van der Waals surface area contributed by atoms with Gasteiger partial charge in [-0.1, -0.05) is 58.2 Å². The fraction of sp³-hybridized carbons (Fsp3) is 0.312. The maximum Gasteiger partial charge on any atom is 0.147 e. The largest absolute Gasteiger partial charge is 0.385 e. The average Bonchev–Trinajstić information content (AvgIpc) is 3.28. The number of rotatable bonds is 5. The second kappa shape index (κ2) is 8.55. The number of nitrogens with one attached hydrogen (secondary N) is 1. The second-order valence-electron chi connectivity index (χ2n) is 11.1. The van der Waals surface area contributed by atoms with Crippen molar-refractivity contribution in [2.24, 2.45) is 11.8 Å². The van der Waals surface area contributed by atoms with Crippen LogP contribution >= 0.6 is 0 Å². The standard InChI is InChI=1S/C32H34FN3/c1-19(2)16-34-22(5)28-18-36-30-14-24-9-7-6-8-23(24)12-25(30)13-27-31(36)26(21(28)4)15-29(33)32(27)35-11-10-20(3)17-35/h6-9,12,14-15,18-20,34H,4-5,10-11,13,16-17H2,1-3H3. The molecule has 3 heterocycles. The molecule has 36 heavy (non-hydrogen) atoms. The van der Waals surface area contributed by atoms with Crippen molar-refractivity contribution in [3.63, 3.8) is 0 Å². The molecule has 1 atom stereocenters. The van der Waals surface area contributed by atoms with Crippen LogP contribution in [0.15, 0.2) is 73.1 Å². The van der Waals surface area contributed by atoms with Crippen molar-refractivity contribution in [3.05, 3.63) is 95.6 Å². The molecule has 1 N–H and O–H groups in total. The van der Waals surface area contributed by atoms with Crippen molar-refractivity contribution < 1.29 is 4.39 Å².